The quantitative estimate of drug-likeness (QED) is 0.868. The van der Waals surface area contributed by atoms with Gasteiger partial charge >= 0.3 is 0 Å². The molecular formula is C15H22N2O2. The van der Waals surface area contributed by atoms with Crippen LogP contribution in [0.1, 0.15) is 29.7 Å². The molecule has 4 heteroatoms. The summed E-state index contributed by atoms with van der Waals surface area (Å²) in [6.07, 6.45) is 2.01. The Morgan fingerprint density at radius 1 is 1.42 bits per heavy atom. The Labute approximate surface area is 114 Å². The number of aromatic nitrogens is 1. The minimum Gasteiger partial charge on any atom is -0.466 e. The van der Waals surface area contributed by atoms with Crippen LogP contribution in [-0.2, 0) is 19.2 Å². The number of hydrogen-bond acceptors (Lipinski definition) is 3. The molecule has 2 aromatic rings. The van der Waals surface area contributed by atoms with Gasteiger partial charge in [-0.1, -0.05) is 0 Å². The first kappa shape index (κ1) is 13.9. The second kappa shape index (κ2) is 5.23. The van der Waals surface area contributed by atoms with Crippen LogP contribution >= 0.6 is 0 Å². The van der Waals surface area contributed by atoms with Crippen LogP contribution in [0.3, 0.4) is 0 Å². The van der Waals surface area contributed by atoms with Crippen molar-refractivity contribution in [3.05, 3.63) is 47.2 Å². The minimum absolute atomic E-state index is 0.484. The van der Waals surface area contributed by atoms with Crippen molar-refractivity contribution in [3.63, 3.8) is 0 Å². The fourth-order valence-electron chi connectivity index (χ4n) is 2.37. The largest absolute Gasteiger partial charge is 0.466 e. The summed E-state index contributed by atoms with van der Waals surface area (Å²) >= 11 is 0. The van der Waals surface area contributed by atoms with Crippen molar-refractivity contribution in [1.29, 1.82) is 0 Å². The van der Waals surface area contributed by atoms with Crippen LogP contribution in [0.25, 0.3) is 0 Å². The van der Waals surface area contributed by atoms with E-state index in [0.29, 0.717) is 6.54 Å². The summed E-state index contributed by atoms with van der Waals surface area (Å²) in [5, 5.41) is 13.8. The summed E-state index contributed by atoms with van der Waals surface area (Å²) in [6.45, 7) is 6.80. The van der Waals surface area contributed by atoms with E-state index in [4.69, 9.17) is 4.42 Å². The van der Waals surface area contributed by atoms with E-state index in [2.05, 4.69) is 16.0 Å². The van der Waals surface area contributed by atoms with Gasteiger partial charge in [0.05, 0.1) is 0 Å². The third-order valence-electron chi connectivity index (χ3n) is 3.45. The minimum atomic E-state index is -0.924. The second-order valence-corrected chi connectivity index (χ2v) is 5.31. The van der Waals surface area contributed by atoms with Crippen molar-refractivity contribution >= 4 is 0 Å². The third kappa shape index (κ3) is 3.08. The maximum Gasteiger partial charge on any atom is 0.107 e. The molecule has 0 aliphatic carbocycles. The molecule has 0 fully saturated rings. The van der Waals surface area contributed by atoms with Gasteiger partial charge in [0.25, 0.3) is 0 Å². The predicted octanol–water partition coefficient (Wildman–Crippen LogP) is 2.23. The number of aryl methyl sites for hydroxylation is 3. The molecule has 0 spiro atoms. The van der Waals surface area contributed by atoms with Gasteiger partial charge in [0, 0.05) is 37.6 Å². The van der Waals surface area contributed by atoms with Crippen molar-refractivity contribution < 1.29 is 9.52 Å². The fraction of sp³-hybridized carbons (Fsp3) is 0.467. The van der Waals surface area contributed by atoms with Gasteiger partial charge in [-0.15, -0.1) is 0 Å². The number of aliphatic hydroxyl groups is 1. The normalized spacial score (nSPS) is 14.6. The zero-order valence-electron chi connectivity index (χ0n) is 12.0. The maximum atomic E-state index is 10.5. The number of hydrogen-bond donors (Lipinski definition) is 2. The van der Waals surface area contributed by atoms with Crippen LogP contribution in [0.15, 0.2) is 28.8 Å². The zero-order valence-corrected chi connectivity index (χ0v) is 12.0. The van der Waals surface area contributed by atoms with Crippen LogP contribution in [0.4, 0.5) is 0 Å². The van der Waals surface area contributed by atoms with Gasteiger partial charge in [-0.25, -0.2) is 0 Å². The van der Waals surface area contributed by atoms with Gasteiger partial charge in [0.1, 0.15) is 17.1 Å². The number of rotatable bonds is 5. The van der Waals surface area contributed by atoms with Crippen molar-refractivity contribution in [2.45, 2.75) is 32.9 Å². The molecule has 0 bridgehead atoms. The van der Waals surface area contributed by atoms with Crippen LogP contribution in [0.2, 0.25) is 0 Å². The first-order valence-corrected chi connectivity index (χ1v) is 6.51. The lowest BCUT2D eigenvalue weighted by Crippen LogP contribution is -2.35. The molecule has 2 aromatic heterocycles. The van der Waals surface area contributed by atoms with Crippen LogP contribution in [0.5, 0.6) is 0 Å². The number of nitrogens with zero attached hydrogens (tertiary/aromatic N) is 1. The van der Waals surface area contributed by atoms with Gasteiger partial charge in [-0.3, -0.25) is 0 Å². The van der Waals surface area contributed by atoms with E-state index in [0.717, 1.165) is 23.6 Å². The highest BCUT2D eigenvalue weighted by molar-refractivity contribution is 5.26. The Hall–Kier alpha value is -1.52. The zero-order chi connectivity index (χ0) is 14.0. The Morgan fingerprint density at radius 2 is 2.16 bits per heavy atom. The van der Waals surface area contributed by atoms with E-state index < -0.39 is 5.60 Å². The molecule has 1 atom stereocenters. The lowest BCUT2D eigenvalue weighted by molar-refractivity contribution is 0.0550. The predicted molar refractivity (Wildman–Crippen MR) is 74.9 cm³/mol. The van der Waals surface area contributed by atoms with E-state index in [1.807, 2.05) is 46.1 Å². The average molecular weight is 262 g/mol. The summed E-state index contributed by atoms with van der Waals surface area (Å²) in [4.78, 5) is 0. The molecule has 104 valence electrons. The lowest BCUT2D eigenvalue weighted by Gasteiger charge is -2.23. The van der Waals surface area contributed by atoms with Crippen molar-refractivity contribution in [1.82, 2.24) is 9.88 Å². The average Bonchev–Trinajstić information content (AvgIpc) is 2.86. The SMILES string of the molecule is Cc1cc(C(C)(O)CNCc2cccn2C)c(C)o1. The van der Waals surface area contributed by atoms with Crippen molar-refractivity contribution in [2.24, 2.45) is 7.05 Å². The van der Waals surface area contributed by atoms with Gasteiger partial charge < -0.3 is 19.4 Å². The van der Waals surface area contributed by atoms with E-state index in [1.165, 1.54) is 5.69 Å². The maximum absolute atomic E-state index is 10.5. The van der Waals surface area contributed by atoms with E-state index in [1.54, 1.807) is 0 Å². The summed E-state index contributed by atoms with van der Waals surface area (Å²) < 4.78 is 7.54. The van der Waals surface area contributed by atoms with Crippen LogP contribution < -0.4 is 5.32 Å². The Kier molecular flexibility index (Phi) is 3.83. The molecule has 2 N–H and O–H groups in total. The van der Waals surface area contributed by atoms with E-state index in [9.17, 15) is 5.11 Å². The Bertz CT molecular complexity index is 552. The lowest BCUT2D eigenvalue weighted by atomic mass is 9.96. The Balaban J connectivity index is 1.98. The number of furan rings is 1. The van der Waals surface area contributed by atoms with Crippen LogP contribution in [-0.4, -0.2) is 16.2 Å². The van der Waals surface area contributed by atoms with E-state index in [-0.39, 0.29) is 0 Å². The summed E-state index contributed by atoms with van der Waals surface area (Å²) in [5.41, 5.74) is 1.12. The summed E-state index contributed by atoms with van der Waals surface area (Å²) in [5.74, 6) is 1.61. The standard InChI is InChI=1S/C15H22N2O2/c1-11-8-14(12(2)19-11)15(3,18)10-16-9-13-6-5-7-17(13)4/h5-8,16,18H,9-10H2,1-4H3. The molecule has 0 saturated carbocycles. The molecular weight excluding hydrogens is 240 g/mol. The fourth-order valence-corrected chi connectivity index (χ4v) is 2.37. The molecule has 2 heterocycles. The van der Waals surface area contributed by atoms with Gasteiger partial charge in [-0.05, 0) is 39.0 Å². The van der Waals surface area contributed by atoms with Crippen molar-refractivity contribution in [3.8, 4) is 0 Å². The highest BCUT2D eigenvalue weighted by atomic mass is 16.3. The van der Waals surface area contributed by atoms with Gasteiger partial charge in [0.2, 0.25) is 0 Å². The highest BCUT2D eigenvalue weighted by Gasteiger charge is 2.27. The van der Waals surface area contributed by atoms with E-state index >= 15 is 0 Å². The molecule has 0 amide bonds. The smallest absolute Gasteiger partial charge is 0.107 e. The van der Waals surface area contributed by atoms with Gasteiger partial charge in [-0.2, -0.15) is 0 Å². The Morgan fingerprint density at radius 3 is 2.68 bits per heavy atom. The summed E-state index contributed by atoms with van der Waals surface area (Å²) in [7, 11) is 2.01. The molecule has 0 radical (unpaired) electrons. The molecule has 0 aliphatic rings. The first-order chi connectivity index (χ1) is 8.90. The molecule has 2 rings (SSSR count). The van der Waals surface area contributed by atoms with Crippen LogP contribution in [0, 0.1) is 13.8 Å². The number of nitrogens with one attached hydrogen (secondary N) is 1. The second-order valence-electron chi connectivity index (χ2n) is 5.31. The molecule has 4 nitrogen and oxygen atoms in total. The molecule has 19 heavy (non-hydrogen) atoms. The molecule has 1 unspecified atom stereocenters. The van der Waals surface area contributed by atoms with Gasteiger partial charge in [0.15, 0.2) is 0 Å². The molecule has 0 aromatic carbocycles. The topological polar surface area (TPSA) is 50.3 Å². The first-order valence-electron chi connectivity index (χ1n) is 6.51. The highest BCUT2D eigenvalue weighted by Crippen LogP contribution is 2.26. The summed E-state index contributed by atoms with van der Waals surface area (Å²) in [6, 6.07) is 5.98. The monoisotopic (exact) mass is 262 g/mol. The van der Waals surface area contributed by atoms with Crippen molar-refractivity contribution in [2.75, 3.05) is 6.54 Å². The third-order valence-corrected chi connectivity index (χ3v) is 3.45. The molecule has 0 saturated heterocycles. The molecule has 0 aliphatic heterocycles.